The average molecular weight is 436 g/mol. The van der Waals surface area contributed by atoms with Crippen LogP contribution in [0, 0.1) is 6.92 Å². The summed E-state index contributed by atoms with van der Waals surface area (Å²) in [4.78, 5) is 11.2. The van der Waals surface area contributed by atoms with Gasteiger partial charge in [-0.05, 0) is 38.1 Å². The van der Waals surface area contributed by atoms with Gasteiger partial charge in [0.25, 0.3) is 0 Å². The van der Waals surface area contributed by atoms with Gasteiger partial charge in [-0.15, -0.1) is 0 Å². The Balaban J connectivity index is 0.000000339. The Kier molecular flexibility index (Phi) is 6.45. The number of carbonyl (C=O) groups is 1. The van der Waals surface area contributed by atoms with Crippen LogP contribution >= 0.6 is 0 Å². The predicted molar refractivity (Wildman–Crippen MR) is 111 cm³/mol. The molecule has 0 bridgehead atoms. The van der Waals surface area contributed by atoms with Crippen LogP contribution in [0.1, 0.15) is 16.9 Å². The molecule has 166 valence electrons. The molecule has 3 aromatic rings. The number of rotatable bonds is 4. The normalized spacial score (nSPS) is 13.0. The molecular formula is C22H23F3N2O4. The zero-order valence-corrected chi connectivity index (χ0v) is 17.3. The van der Waals surface area contributed by atoms with E-state index in [0.29, 0.717) is 0 Å². The van der Waals surface area contributed by atoms with E-state index in [4.69, 9.17) is 19.1 Å². The largest absolute Gasteiger partial charge is 0.490 e. The molecule has 0 unspecified atom stereocenters. The minimum Gasteiger partial charge on any atom is -0.475 e. The van der Waals surface area contributed by atoms with E-state index >= 15 is 0 Å². The van der Waals surface area contributed by atoms with Gasteiger partial charge in [0.05, 0.1) is 0 Å². The van der Waals surface area contributed by atoms with E-state index in [2.05, 4.69) is 35.5 Å². The zero-order chi connectivity index (χ0) is 22.8. The lowest BCUT2D eigenvalue weighted by atomic mass is 10.1. The molecule has 1 aromatic heterocycles. The Hall–Kier alpha value is -3.20. The number of furan rings is 1. The Bertz CT molecular complexity index is 1090. The van der Waals surface area contributed by atoms with Crippen molar-refractivity contribution in [1.82, 2.24) is 5.32 Å². The molecule has 1 aliphatic heterocycles. The SMILES string of the molecule is CNCc1c(C)oc2c(Oc3ccc4c(c3)N(C)CC4)cccc12.O=C(O)C(F)(F)F. The van der Waals surface area contributed by atoms with Gasteiger partial charge < -0.3 is 24.5 Å². The Morgan fingerprint density at radius 1 is 1.29 bits per heavy atom. The summed E-state index contributed by atoms with van der Waals surface area (Å²) in [5.74, 6) is -0.214. The molecule has 6 nitrogen and oxygen atoms in total. The van der Waals surface area contributed by atoms with Crippen LogP contribution in [-0.4, -0.2) is 37.9 Å². The van der Waals surface area contributed by atoms with Crippen LogP contribution in [0.4, 0.5) is 18.9 Å². The maximum Gasteiger partial charge on any atom is 0.490 e. The van der Waals surface area contributed by atoms with Crippen molar-refractivity contribution < 1.29 is 32.2 Å². The van der Waals surface area contributed by atoms with Crippen molar-refractivity contribution in [2.24, 2.45) is 0 Å². The van der Waals surface area contributed by atoms with Crippen LogP contribution in [0.2, 0.25) is 0 Å². The van der Waals surface area contributed by atoms with Gasteiger partial charge in [-0.2, -0.15) is 13.2 Å². The number of nitrogens with one attached hydrogen (secondary N) is 1. The minimum atomic E-state index is -5.08. The first-order chi connectivity index (χ1) is 14.6. The summed E-state index contributed by atoms with van der Waals surface area (Å²) in [5.41, 5.74) is 4.64. The first-order valence-electron chi connectivity index (χ1n) is 9.59. The fourth-order valence-corrected chi connectivity index (χ4v) is 3.45. The fraction of sp³-hybridized carbons (Fsp3) is 0.318. The number of aryl methyl sites for hydroxylation is 1. The molecule has 4 rings (SSSR count). The van der Waals surface area contributed by atoms with Crippen molar-refractivity contribution in [2.45, 2.75) is 26.1 Å². The molecule has 0 amide bonds. The van der Waals surface area contributed by atoms with E-state index in [0.717, 1.165) is 47.7 Å². The second-order valence-corrected chi connectivity index (χ2v) is 7.17. The predicted octanol–water partition coefficient (Wildman–Crippen LogP) is 4.88. The third-order valence-electron chi connectivity index (χ3n) is 4.99. The number of aliphatic carboxylic acids is 1. The summed E-state index contributed by atoms with van der Waals surface area (Å²) in [6, 6.07) is 12.4. The van der Waals surface area contributed by atoms with Crippen LogP contribution in [-0.2, 0) is 17.8 Å². The van der Waals surface area contributed by atoms with Crippen LogP contribution in [0.15, 0.2) is 40.8 Å². The molecule has 31 heavy (non-hydrogen) atoms. The van der Waals surface area contributed by atoms with Crippen LogP contribution in [0.25, 0.3) is 11.0 Å². The van der Waals surface area contributed by atoms with Gasteiger partial charge >= 0.3 is 12.1 Å². The van der Waals surface area contributed by atoms with Crippen LogP contribution < -0.4 is 15.0 Å². The van der Waals surface area contributed by atoms with Crippen molar-refractivity contribution in [3.05, 3.63) is 53.3 Å². The third kappa shape index (κ3) is 4.93. The third-order valence-corrected chi connectivity index (χ3v) is 4.99. The van der Waals surface area contributed by atoms with Crippen molar-refractivity contribution in [1.29, 1.82) is 0 Å². The van der Waals surface area contributed by atoms with Gasteiger partial charge in [-0.25, -0.2) is 4.79 Å². The number of halogens is 3. The number of nitrogens with zero attached hydrogens (tertiary/aromatic N) is 1. The highest BCUT2D eigenvalue weighted by molar-refractivity contribution is 5.87. The van der Waals surface area contributed by atoms with E-state index in [1.165, 1.54) is 16.8 Å². The maximum atomic E-state index is 10.6. The number of likely N-dealkylation sites (N-methyl/N-ethyl adjacent to an activating group) is 1. The van der Waals surface area contributed by atoms with Gasteiger partial charge in [-0.3, -0.25) is 0 Å². The lowest BCUT2D eigenvalue weighted by Gasteiger charge is -2.13. The number of fused-ring (bicyclic) bond motifs is 2. The Labute approximate surface area is 177 Å². The highest BCUT2D eigenvalue weighted by atomic mass is 19.4. The molecule has 0 aliphatic carbocycles. The second-order valence-electron chi connectivity index (χ2n) is 7.17. The van der Waals surface area contributed by atoms with E-state index in [1.807, 2.05) is 32.2 Å². The van der Waals surface area contributed by atoms with Crippen LogP contribution in [0.3, 0.4) is 0 Å². The molecule has 0 saturated carbocycles. The van der Waals surface area contributed by atoms with Gasteiger partial charge in [0, 0.05) is 42.8 Å². The van der Waals surface area contributed by atoms with Crippen molar-refractivity contribution >= 4 is 22.6 Å². The number of carboxylic acid groups (broad SMARTS) is 1. The summed E-state index contributed by atoms with van der Waals surface area (Å²) < 4.78 is 43.9. The van der Waals surface area contributed by atoms with Gasteiger partial charge in [0.2, 0.25) is 0 Å². The van der Waals surface area contributed by atoms with Crippen molar-refractivity contribution in [3.8, 4) is 11.5 Å². The number of alkyl halides is 3. The van der Waals surface area contributed by atoms with Crippen molar-refractivity contribution in [2.75, 3.05) is 25.5 Å². The number of hydrogen-bond acceptors (Lipinski definition) is 5. The number of anilines is 1. The van der Waals surface area contributed by atoms with Crippen LogP contribution in [0.5, 0.6) is 11.5 Å². The molecular weight excluding hydrogens is 413 g/mol. The Morgan fingerprint density at radius 3 is 2.65 bits per heavy atom. The first kappa shape index (κ1) is 22.5. The second kappa shape index (κ2) is 8.89. The van der Waals surface area contributed by atoms with E-state index < -0.39 is 12.1 Å². The molecule has 0 spiro atoms. The minimum absolute atomic E-state index is 0.763. The summed E-state index contributed by atoms with van der Waals surface area (Å²) >= 11 is 0. The monoisotopic (exact) mass is 436 g/mol. The van der Waals surface area contributed by atoms with Gasteiger partial charge in [-0.1, -0.05) is 18.2 Å². The molecule has 0 saturated heterocycles. The molecule has 0 radical (unpaired) electrons. The highest BCUT2D eigenvalue weighted by Crippen LogP contribution is 2.37. The Morgan fingerprint density at radius 2 is 2.00 bits per heavy atom. The molecule has 1 aliphatic rings. The molecule has 2 N–H and O–H groups in total. The topological polar surface area (TPSA) is 74.9 Å². The van der Waals surface area contributed by atoms with E-state index in [9.17, 15) is 13.2 Å². The number of carboxylic acids is 1. The number of benzene rings is 2. The lowest BCUT2D eigenvalue weighted by molar-refractivity contribution is -0.192. The van der Waals surface area contributed by atoms with Gasteiger partial charge in [0.15, 0.2) is 11.3 Å². The molecule has 2 aromatic carbocycles. The molecule has 0 atom stereocenters. The van der Waals surface area contributed by atoms with E-state index in [-0.39, 0.29) is 0 Å². The summed E-state index contributed by atoms with van der Waals surface area (Å²) in [6.07, 6.45) is -3.98. The first-order valence-corrected chi connectivity index (χ1v) is 9.59. The van der Waals surface area contributed by atoms with E-state index in [1.54, 1.807) is 0 Å². The standard InChI is InChI=1S/C20H22N2O2.C2HF3O2/c1-13-17(12-21-2)16-5-4-6-19(20(16)23-13)24-15-8-7-14-9-10-22(3)18(14)11-15;3-2(4,5)1(6)7/h4-8,11,21H,9-10,12H2,1-3H3;(H,6,7). The summed E-state index contributed by atoms with van der Waals surface area (Å²) in [7, 11) is 4.07. The summed E-state index contributed by atoms with van der Waals surface area (Å²) in [5, 5.41) is 11.4. The lowest BCUT2D eigenvalue weighted by Crippen LogP contribution is -2.21. The number of ether oxygens (including phenoxy) is 1. The fourth-order valence-electron chi connectivity index (χ4n) is 3.45. The number of hydrogen-bond donors (Lipinski definition) is 2. The molecule has 2 heterocycles. The molecule has 0 fully saturated rings. The highest BCUT2D eigenvalue weighted by Gasteiger charge is 2.38. The maximum absolute atomic E-state index is 10.6. The smallest absolute Gasteiger partial charge is 0.475 e. The quantitative estimate of drug-likeness (QED) is 0.607. The average Bonchev–Trinajstić information content (AvgIpc) is 3.23. The van der Waals surface area contributed by atoms with Gasteiger partial charge in [0.1, 0.15) is 11.5 Å². The van der Waals surface area contributed by atoms with Crippen molar-refractivity contribution in [3.63, 3.8) is 0 Å². The molecule has 9 heteroatoms. The summed E-state index contributed by atoms with van der Waals surface area (Å²) in [6.45, 7) is 3.85. The zero-order valence-electron chi connectivity index (χ0n) is 17.3. The number of para-hydroxylation sites is 1.